The van der Waals surface area contributed by atoms with E-state index in [4.69, 9.17) is 0 Å². The van der Waals surface area contributed by atoms with Crippen molar-refractivity contribution in [3.05, 3.63) is 34.4 Å². The van der Waals surface area contributed by atoms with Crippen LogP contribution >= 0.6 is 11.8 Å². The smallest absolute Gasteiger partial charge is 0.344 e. The van der Waals surface area contributed by atoms with E-state index in [1.54, 1.807) is 23.8 Å². The molecular weight excluding hydrogens is 264 g/mol. The topological polar surface area (TPSA) is 83.8 Å². The van der Waals surface area contributed by atoms with Crippen LogP contribution in [0.5, 0.6) is 0 Å². The first-order valence-electron chi connectivity index (χ1n) is 6.14. The van der Waals surface area contributed by atoms with Gasteiger partial charge < -0.3 is 5.11 Å². The molecule has 2 aromatic rings. The van der Waals surface area contributed by atoms with Crippen LogP contribution in [0.1, 0.15) is 37.5 Å². The summed E-state index contributed by atoms with van der Waals surface area (Å²) in [6.45, 7) is 1.71. The molecule has 1 saturated carbocycles. The molecule has 1 aliphatic rings. The first-order valence-corrected chi connectivity index (χ1v) is 6.95. The van der Waals surface area contributed by atoms with Gasteiger partial charge in [0.05, 0.1) is 6.10 Å². The number of aromatic nitrogens is 4. The van der Waals surface area contributed by atoms with E-state index >= 15 is 0 Å². The van der Waals surface area contributed by atoms with Crippen LogP contribution in [-0.2, 0) is 0 Å². The zero-order valence-corrected chi connectivity index (χ0v) is 11.2. The summed E-state index contributed by atoms with van der Waals surface area (Å²) in [6.07, 6.45) is 3.16. The van der Waals surface area contributed by atoms with Crippen molar-refractivity contribution in [3.8, 4) is 0 Å². The Morgan fingerprint density at radius 3 is 3.05 bits per heavy atom. The molecule has 19 heavy (non-hydrogen) atoms. The Morgan fingerprint density at radius 1 is 1.58 bits per heavy atom. The van der Waals surface area contributed by atoms with E-state index in [9.17, 15) is 9.90 Å². The van der Waals surface area contributed by atoms with E-state index in [-0.39, 0.29) is 11.7 Å². The summed E-state index contributed by atoms with van der Waals surface area (Å²) in [7, 11) is 0. The van der Waals surface area contributed by atoms with Crippen LogP contribution in [0, 0.1) is 0 Å². The first-order chi connectivity index (χ1) is 9.15. The molecule has 6 nitrogen and oxygen atoms in total. The van der Waals surface area contributed by atoms with Crippen LogP contribution in [-0.4, -0.2) is 24.9 Å². The number of hydrogen-bond acceptors (Lipinski definition) is 5. The Morgan fingerprint density at radius 2 is 2.37 bits per heavy atom. The van der Waals surface area contributed by atoms with Gasteiger partial charge in [-0.1, -0.05) is 0 Å². The zero-order valence-electron chi connectivity index (χ0n) is 10.4. The normalized spacial score (nSPS) is 16.5. The number of nitrogens with zero attached hydrogens (tertiary/aromatic N) is 3. The number of pyridine rings is 1. The quantitative estimate of drug-likeness (QED) is 0.885. The van der Waals surface area contributed by atoms with Gasteiger partial charge in [0.1, 0.15) is 5.03 Å². The molecule has 7 heteroatoms. The van der Waals surface area contributed by atoms with E-state index < -0.39 is 6.10 Å². The van der Waals surface area contributed by atoms with E-state index in [2.05, 4.69) is 15.2 Å². The molecular formula is C12H14N4O2S. The molecule has 2 heterocycles. The number of aliphatic hydroxyl groups is 1. The van der Waals surface area contributed by atoms with Crippen LogP contribution in [0.3, 0.4) is 0 Å². The summed E-state index contributed by atoms with van der Waals surface area (Å²) in [5, 5.41) is 17.4. The fourth-order valence-electron chi connectivity index (χ4n) is 1.85. The molecule has 0 saturated heterocycles. The fourth-order valence-corrected chi connectivity index (χ4v) is 2.77. The second-order valence-electron chi connectivity index (χ2n) is 4.62. The third kappa shape index (κ3) is 2.57. The molecule has 1 unspecified atom stereocenters. The molecule has 100 valence electrons. The van der Waals surface area contributed by atoms with Crippen molar-refractivity contribution in [2.24, 2.45) is 0 Å². The molecule has 1 fully saturated rings. The Balaban J connectivity index is 1.89. The lowest BCUT2D eigenvalue weighted by molar-refractivity contribution is 0.199. The number of aromatic amines is 1. The number of aliphatic hydroxyl groups excluding tert-OH is 1. The summed E-state index contributed by atoms with van der Waals surface area (Å²) >= 11 is 1.33. The van der Waals surface area contributed by atoms with Crippen LogP contribution in [0.4, 0.5) is 0 Å². The van der Waals surface area contributed by atoms with E-state index in [0.29, 0.717) is 5.16 Å². The van der Waals surface area contributed by atoms with Gasteiger partial charge in [-0.3, -0.25) is 4.57 Å². The third-order valence-corrected chi connectivity index (χ3v) is 3.92. The Hall–Kier alpha value is -1.60. The predicted octanol–water partition coefficient (Wildman–Crippen LogP) is 1.51. The van der Waals surface area contributed by atoms with Crippen molar-refractivity contribution < 1.29 is 5.11 Å². The second-order valence-corrected chi connectivity index (χ2v) is 5.61. The minimum atomic E-state index is -0.535. The molecule has 0 bridgehead atoms. The van der Waals surface area contributed by atoms with Crippen molar-refractivity contribution in [2.75, 3.05) is 0 Å². The number of hydrogen-bond donors (Lipinski definition) is 2. The molecule has 3 rings (SSSR count). The average molecular weight is 278 g/mol. The molecule has 0 aliphatic heterocycles. The Bertz CT molecular complexity index is 645. The lowest BCUT2D eigenvalue weighted by Crippen LogP contribution is -2.16. The van der Waals surface area contributed by atoms with Crippen LogP contribution in [0.15, 0.2) is 33.3 Å². The maximum Gasteiger partial charge on any atom is 0.344 e. The number of rotatable bonds is 4. The SMILES string of the molecule is CC(O)c1ccnc(Sc2n[nH]c(=O)n2C2CC2)c1. The van der Waals surface area contributed by atoms with Crippen molar-refractivity contribution in [1.82, 2.24) is 19.7 Å². The molecule has 0 radical (unpaired) electrons. The summed E-state index contributed by atoms with van der Waals surface area (Å²) in [5.74, 6) is 0. The summed E-state index contributed by atoms with van der Waals surface area (Å²) in [5.41, 5.74) is 0.630. The molecule has 2 N–H and O–H groups in total. The lowest BCUT2D eigenvalue weighted by atomic mass is 10.2. The van der Waals surface area contributed by atoms with Crippen molar-refractivity contribution in [1.29, 1.82) is 0 Å². The minimum absolute atomic E-state index is 0.170. The van der Waals surface area contributed by atoms with E-state index in [1.165, 1.54) is 11.8 Å². The molecule has 1 atom stereocenters. The van der Waals surface area contributed by atoms with E-state index in [0.717, 1.165) is 23.4 Å². The Labute approximate surface area is 113 Å². The van der Waals surface area contributed by atoms with Crippen LogP contribution < -0.4 is 5.69 Å². The monoisotopic (exact) mass is 278 g/mol. The number of H-pyrrole nitrogens is 1. The van der Waals surface area contributed by atoms with Crippen molar-refractivity contribution >= 4 is 11.8 Å². The summed E-state index contributed by atoms with van der Waals surface area (Å²) in [6, 6.07) is 3.85. The third-order valence-electron chi connectivity index (χ3n) is 3.02. The highest BCUT2D eigenvalue weighted by molar-refractivity contribution is 7.99. The highest BCUT2D eigenvalue weighted by Crippen LogP contribution is 2.37. The highest BCUT2D eigenvalue weighted by Gasteiger charge is 2.28. The maximum atomic E-state index is 11.7. The van der Waals surface area contributed by atoms with Gasteiger partial charge in [0.25, 0.3) is 0 Å². The molecule has 1 aliphatic carbocycles. The fraction of sp³-hybridized carbons (Fsp3) is 0.417. The lowest BCUT2D eigenvalue weighted by Gasteiger charge is -2.06. The highest BCUT2D eigenvalue weighted by atomic mass is 32.2. The first kappa shape index (κ1) is 12.4. The van der Waals surface area contributed by atoms with Crippen LogP contribution in [0.25, 0.3) is 0 Å². The number of nitrogens with one attached hydrogen (secondary N) is 1. The average Bonchev–Trinajstić information content (AvgIpc) is 3.15. The van der Waals surface area contributed by atoms with Gasteiger partial charge in [-0.15, -0.1) is 5.10 Å². The van der Waals surface area contributed by atoms with E-state index in [1.807, 2.05) is 6.07 Å². The predicted molar refractivity (Wildman–Crippen MR) is 70.1 cm³/mol. The maximum absolute atomic E-state index is 11.7. The largest absolute Gasteiger partial charge is 0.389 e. The molecule has 2 aromatic heterocycles. The molecule has 0 amide bonds. The van der Waals surface area contributed by atoms with Crippen molar-refractivity contribution in [3.63, 3.8) is 0 Å². The molecule has 0 spiro atoms. The second kappa shape index (κ2) is 4.82. The van der Waals surface area contributed by atoms with Gasteiger partial charge in [-0.2, -0.15) is 0 Å². The molecule has 0 aromatic carbocycles. The van der Waals surface area contributed by atoms with Gasteiger partial charge >= 0.3 is 5.69 Å². The van der Waals surface area contributed by atoms with Gasteiger partial charge in [-0.25, -0.2) is 14.9 Å². The summed E-state index contributed by atoms with van der Waals surface area (Å²) in [4.78, 5) is 15.9. The zero-order chi connectivity index (χ0) is 13.4. The van der Waals surface area contributed by atoms with Crippen molar-refractivity contribution in [2.45, 2.75) is 42.1 Å². The van der Waals surface area contributed by atoms with Gasteiger partial charge in [0.2, 0.25) is 0 Å². The standard InChI is InChI=1S/C12H14N4O2S/c1-7(17)8-4-5-13-10(6-8)19-12-15-14-11(18)16(12)9-2-3-9/h4-7,9,17H,2-3H2,1H3,(H,14,18). The van der Waals surface area contributed by atoms with Gasteiger partial charge in [-0.05, 0) is 49.2 Å². The summed E-state index contributed by atoms with van der Waals surface area (Å²) < 4.78 is 1.68. The van der Waals surface area contributed by atoms with Gasteiger partial charge in [0, 0.05) is 12.2 Å². The minimum Gasteiger partial charge on any atom is -0.389 e. The van der Waals surface area contributed by atoms with Gasteiger partial charge in [0.15, 0.2) is 5.16 Å². The van der Waals surface area contributed by atoms with Crippen LogP contribution in [0.2, 0.25) is 0 Å². The Kier molecular flexibility index (Phi) is 3.16.